The van der Waals surface area contributed by atoms with Crippen LogP contribution in [-0.4, -0.2) is 59.0 Å². The minimum Gasteiger partial charge on any atom is -0.504 e. The van der Waals surface area contributed by atoms with Gasteiger partial charge in [-0.2, -0.15) is 16.8 Å². The molecule has 56 heavy (non-hydrogen) atoms. The molecular formula is C35H30N4O13S4. The van der Waals surface area contributed by atoms with Crippen LogP contribution in [0, 0.1) is 13.8 Å². The van der Waals surface area contributed by atoms with Gasteiger partial charge in [0, 0.05) is 22.1 Å². The summed E-state index contributed by atoms with van der Waals surface area (Å²) in [4.78, 5) is 10.5. The van der Waals surface area contributed by atoms with Crippen molar-refractivity contribution in [2.24, 2.45) is 0 Å². The Kier molecular flexibility index (Phi) is 10.1. The third-order valence-electron chi connectivity index (χ3n) is 8.47. The Morgan fingerprint density at radius 1 is 0.500 bits per heavy atom. The fraction of sp³-hybridized carbons (Fsp3) is 0.0571. The monoisotopic (exact) mass is 842 g/mol. The van der Waals surface area contributed by atoms with Gasteiger partial charge in [0.05, 0.1) is 21.2 Å². The van der Waals surface area contributed by atoms with Crippen molar-refractivity contribution < 1.29 is 57.8 Å². The highest BCUT2D eigenvalue weighted by atomic mass is 32.2. The minimum atomic E-state index is -4.98. The Labute approximate surface area is 320 Å². The van der Waals surface area contributed by atoms with Gasteiger partial charge in [0.15, 0.2) is 11.5 Å². The molecule has 0 atom stereocenters. The molecule has 0 heterocycles. The van der Waals surface area contributed by atoms with E-state index in [1.807, 2.05) is 0 Å². The van der Waals surface area contributed by atoms with Gasteiger partial charge in [-0.1, -0.05) is 60.7 Å². The first kappa shape index (κ1) is 39.7. The van der Waals surface area contributed by atoms with Crippen LogP contribution in [0.4, 0.5) is 27.5 Å². The van der Waals surface area contributed by atoms with E-state index in [0.717, 1.165) is 24.3 Å². The van der Waals surface area contributed by atoms with Gasteiger partial charge in [0.1, 0.15) is 9.79 Å². The average molecular weight is 843 g/mol. The van der Waals surface area contributed by atoms with Crippen LogP contribution in [0.25, 0.3) is 21.5 Å². The number of amides is 2. The normalized spacial score (nSPS) is 12.4. The Balaban J connectivity index is 1.27. The van der Waals surface area contributed by atoms with Crippen molar-refractivity contribution in [3.63, 3.8) is 0 Å². The molecule has 0 aliphatic heterocycles. The summed E-state index contributed by atoms with van der Waals surface area (Å²) in [6.07, 6.45) is 0. The van der Waals surface area contributed by atoms with Gasteiger partial charge in [0.25, 0.3) is 40.3 Å². The fourth-order valence-corrected chi connectivity index (χ4v) is 9.79. The topological polar surface area (TPSA) is 283 Å². The molecule has 2 amide bonds. The van der Waals surface area contributed by atoms with Crippen molar-refractivity contribution in [3.8, 4) is 11.5 Å². The number of phenols is 2. The van der Waals surface area contributed by atoms with Gasteiger partial charge in [-0.15, -0.1) is 0 Å². The minimum absolute atomic E-state index is 0.0584. The molecule has 21 heteroatoms. The van der Waals surface area contributed by atoms with Crippen molar-refractivity contribution in [2.45, 2.75) is 33.4 Å². The molecule has 0 unspecified atom stereocenters. The van der Waals surface area contributed by atoms with Gasteiger partial charge < -0.3 is 20.8 Å². The molecule has 0 spiro atoms. The number of urea groups is 1. The number of aromatic hydroxyl groups is 2. The standard InChI is InChI=1S/C35H30N4O13S4/c1-19-11-13-23(17-27(19)53(43,44)38-31-25-9-5-3-7-21(25)15-29(33(31)40)55(47,48)49)36-35(42)37-24-14-12-20(2)28(18-24)54(45,46)39-32-26-10-6-4-8-22(26)16-30(34(32)41)56(50,51)52/h3-18,38-41H,1-2H3,(H2,36,37,42)(H,47,48,49)(H,50,51,52). The number of nitrogens with one attached hydrogen (secondary N) is 4. The molecule has 8 N–H and O–H groups in total. The summed E-state index contributed by atoms with van der Waals surface area (Å²) < 4.78 is 126. The van der Waals surface area contributed by atoms with Crippen molar-refractivity contribution in [1.82, 2.24) is 0 Å². The maximum Gasteiger partial charge on any atom is 0.323 e. The van der Waals surface area contributed by atoms with Gasteiger partial charge in [-0.3, -0.25) is 18.5 Å². The van der Waals surface area contributed by atoms with Crippen molar-refractivity contribution in [2.75, 3.05) is 20.1 Å². The molecule has 6 aromatic carbocycles. The fourth-order valence-electron chi connectivity index (χ4n) is 5.83. The number of rotatable bonds is 10. The SMILES string of the molecule is Cc1ccc(NC(=O)Nc2ccc(C)c(S(=O)(=O)Nc3c(O)c(S(=O)(=O)O)cc4ccccc34)c2)cc1S(=O)(=O)Nc1c(O)c(S(=O)(=O)O)cc2ccccc12. The van der Waals surface area contributed by atoms with E-state index in [1.165, 1.54) is 86.6 Å². The average Bonchev–Trinajstić information content (AvgIpc) is 3.11. The Morgan fingerprint density at radius 2 is 0.857 bits per heavy atom. The number of phenolic OH excluding ortho intramolecular Hbond substituents is 2. The highest BCUT2D eigenvalue weighted by Crippen LogP contribution is 2.41. The largest absolute Gasteiger partial charge is 0.504 e. The van der Waals surface area contributed by atoms with Gasteiger partial charge in [-0.25, -0.2) is 21.6 Å². The highest BCUT2D eigenvalue weighted by Gasteiger charge is 2.28. The molecule has 6 rings (SSSR count). The summed E-state index contributed by atoms with van der Waals surface area (Å²) in [5.74, 6) is -2.10. The van der Waals surface area contributed by atoms with E-state index in [2.05, 4.69) is 20.1 Å². The van der Waals surface area contributed by atoms with Crippen LogP contribution in [0.15, 0.2) is 117 Å². The van der Waals surface area contributed by atoms with Crippen LogP contribution in [0.2, 0.25) is 0 Å². The lowest BCUT2D eigenvalue weighted by atomic mass is 10.1. The quantitative estimate of drug-likeness (QED) is 0.0602. The van der Waals surface area contributed by atoms with E-state index in [1.54, 1.807) is 0 Å². The molecule has 0 saturated carbocycles. The van der Waals surface area contributed by atoms with E-state index < -0.39 is 79.0 Å². The maximum atomic E-state index is 13.7. The molecule has 6 aromatic rings. The zero-order valence-corrected chi connectivity index (χ0v) is 32.1. The Morgan fingerprint density at radius 3 is 1.21 bits per heavy atom. The molecule has 0 aromatic heterocycles. The predicted octanol–water partition coefficient (Wildman–Crippen LogP) is 5.76. The van der Waals surface area contributed by atoms with E-state index in [4.69, 9.17) is 0 Å². The number of carbonyl (C=O) groups is 1. The van der Waals surface area contributed by atoms with Crippen molar-refractivity contribution >= 4 is 90.6 Å². The lowest BCUT2D eigenvalue weighted by molar-refractivity contribution is 0.262. The number of carbonyl (C=O) groups excluding carboxylic acids is 1. The highest BCUT2D eigenvalue weighted by molar-refractivity contribution is 7.93. The third-order valence-corrected chi connectivity index (χ3v) is 13.2. The van der Waals surface area contributed by atoms with Crippen LogP contribution in [-0.2, 0) is 40.3 Å². The van der Waals surface area contributed by atoms with Crippen LogP contribution in [0.3, 0.4) is 0 Å². The second kappa shape index (κ2) is 14.3. The van der Waals surface area contributed by atoms with Crippen LogP contribution in [0.1, 0.15) is 11.1 Å². The lowest BCUT2D eigenvalue weighted by Crippen LogP contribution is -2.21. The van der Waals surface area contributed by atoms with Gasteiger partial charge in [-0.05, 0) is 72.1 Å². The summed E-state index contributed by atoms with van der Waals surface area (Å²) in [5.41, 5.74) is -0.811. The summed E-state index contributed by atoms with van der Waals surface area (Å²) in [7, 11) is -19.2. The summed E-state index contributed by atoms with van der Waals surface area (Å²) in [5, 5.41) is 27.0. The van der Waals surface area contributed by atoms with E-state index in [9.17, 15) is 57.8 Å². The first-order valence-corrected chi connectivity index (χ1v) is 21.7. The van der Waals surface area contributed by atoms with Crippen LogP contribution < -0.4 is 20.1 Å². The van der Waals surface area contributed by atoms with Crippen LogP contribution in [0.5, 0.6) is 11.5 Å². The number of hydrogen-bond donors (Lipinski definition) is 8. The first-order chi connectivity index (χ1) is 26.1. The van der Waals surface area contributed by atoms with Crippen LogP contribution >= 0.6 is 0 Å². The van der Waals surface area contributed by atoms with Gasteiger partial charge >= 0.3 is 6.03 Å². The van der Waals surface area contributed by atoms with Crippen molar-refractivity contribution in [1.29, 1.82) is 0 Å². The molecule has 0 fully saturated rings. The molecule has 292 valence electrons. The second-order valence-electron chi connectivity index (χ2n) is 12.3. The number of fused-ring (bicyclic) bond motifs is 2. The van der Waals surface area contributed by atoms with E-state index in [0.29, 0.717) is 0 Å². The molecule has 0 saturated heterocycles. The summed E-state index contributed by atoms with van der Waals surface area (Å²) >= 11 is 0. The first-order valence-electron chi connectivity index (χ1n) is 15.9. The van der Waals surface area contributed by atoms with E-state index >= 15 is 0 Å². The number of anilines is 4. The summed E-state index contributed by atoms with van der Waals surface area (Å²) in [6.45, 7) is 2.88. The Hall–Kier alpha value is -5.97. The molecule has 0 bridgehead atoms. The number of benzene rings is 6. The molecular weight excluding hydrogens is 813 g/mol. The number of aryl methyl sites for hydroxylation is 2. The zero-order chi connectivity index (χ0) is 41.0. The number of hydrogen-bond acceptors (Lipinski definition) is 11. The smallest absolute Gasteiger partial charge is 0.323 e. The maximum absolute atomic E-state index is 13.7. The number of sulfonamides is 2. The molecule has 0 aliphatic carbocycles. The van der Waals surface area contributed by atoms with E-state index in [-0.39, 0.29) is 53.8 Å². The third kappa shape index (κ3) is 7.89. The second-order valence-corrected chi connectivity index (χ2v) is 18.4. The molecule has 0 aliphatic rings. The lowest BCUT2D eigenvalue weighted by Gasteiger charge is -2.17. The summed E-state index contributed by atoms with van der Waals surface area (Å²) in [6, 6.07) is 20.4. The van der Waals surface area contributed by atoms with Gasteiger partial charge in [0.2, 0.25) is 0 Å². The zero-order valence-electron chi connectivity index (χ0n) is 28.8. The van der Waals surface area contributed by atoms with Crippen molar-refractivity contribution in [3.05, 3.63) is 108 Å². The predicted molar refractivity (Wildman–Crippen MR) is 207 cm³/mol. The molecule has 0 radical (unpaired) electrons. The molecule has 17 nitrogen and oxygen atoms in total. The Bertz CT molecular complexity index is 2880.